The lowest BCUT2D eigenvalue weighted by Gasteiger charge is -2.28. The quantitative estimate of drug-likeness (QED) is 0.743. The standard InChI is InChI=1S/C11H19NO2S/c1-14-11(13)4-5-15-10-6-8-2-3-9(7-10)12-8/h8-10,12H,2-7H2,1H3/t8-,9-/m1/s1. The van der Waals surface area contributed by atoms with E-state index in [0.717, 1.165) is 23.1 Å². The molecule has 2 rings (SSSR count). The third-order valence-electron chi connectivity index (χ3n) is 3.32. The summed E-state index contributed by atoms with van der Waals surface area (Å²) in [4.78, 5) is 10.9. The van der Waals surface area contributed by atoms with Crippen LogP contribution >= 0.6 is 11.8 Å². The largest absolute Gasteiger partial charge is 0.469 e. The van der Waals surface area contributed by atoms with Crippen molar-refractivity contribution in [3.63, 3.8) is 0 Å². The van der Waals surface area contributed by atoms with Gasteiger partial charge >= 0.3 is 5.97 Å². The molecule has 2 aliphatic heterocycles. The molecule has 2 aliphatic rings. The van der Waals surface area contributed by atoms with Crippen LogP contribution in [0.2, 0.25) is 0 Å². The number of carbonyl (C=O) groups is 1. The highest BCUT2D eigenvalue weighted by atomic mass is 32.2. The summed E-state index contributed by atoms with van der Waals surface area (Å²) >= 11 is 1.95. The maximum absolute atomic E-state index is 10.9. The van der Waals surface area contributed by atoms with Gasteiger partial charge in [-0.1, -0.05) is 0 Å². The summed E-state index contributed by atoms with van der Waals surface area (Å²) in [7, 11) is 1.46. The molecule has 0 aliphatic carbocycles. The van der Waals surface area contributed by atoms with Gasteiger partial charge in [-0.25, -0.2) is 0 Å². The Kier molecular flexibility index (Phi) is 3.92. The van der Waals surface area contributed by atoms with Gasteiger partial charge in [-0.2, -0.15) is 11.8 Å². The molecule has 2 heterocycles. The first-order valence-electron chi connectivity index (χ1n) is 5.72. The van der Waals surface area contributed by atoms with Gasteiger partial charge in [-0.05, 0) is 25.7 Å². The van der Waals surface area contributed by atoms with Crippen molar-refractivity contribution in [2.75, 3.05) is 12.9 Å². The number of thioether (sulfide) groups is 1. The lowest BCUT2D eigenvalue weighted by Crippen LogP contribution is -2.39. The monoisotopic (exact) mass is 229 g/mol. The minimum atomic E-state index is -0.0839. The molecule has 2 saturated heterocycles. The van der Waals surface area contributed by atoms with Crippen molar-refractivity contribution in [1.29, 1.82) is 0 Å². The van der Waals surface area contributed by atoms with Crippen molar-refractivity contribution in [2.45, 2.75) is 49.4 Å². The van der Waals surface area contributed by atoms with Gasteiger partial charge in [0.05, 0.1) is 13.5 Å². The molecule has 0 aromatic carbocycles. The number of methoxy groups -OCH3 is 1. The minimum absolute atomic E-state index is 0.0839. The Balaban J connectivity index is 1.65. The fourth-order valence-corrected chi connectivity index (χ4v) is 3.91. The summed E-state index contributed by atoms with van der Waals surface area (Å²) in [6.45, 7) is 0. The third kappa shape index (κ3) is 3.11. The lowest BCUT2D eigenvalue weighted by atomic mass is 10.1. The Morgan fingerprint density at radius 3 is 2.67 bits per heavy atom. The summed E-state index contributed by atoms with van der Waals surface area (Å²) in [6.07, 6.45) is 5.81. The van der Waals surface area contributed by atoms with E-state index >= 15 is 0 Å². The van der Waals surface area contributed by atoms with E-state index in [2.05, 4.69) is 10.1 Å². The van der Waals surface area contributed by atoms with E-state index in [0.29, 0.717) is 6.42 Å². The van der Waals surface area contributed by atoms with Crippen LogP contribution in [0.4, 0.5) is 0 Å². The van der Waals surface area contributed by atoms with Gasteiger partial charge < -0.3 is 10.1 Å². The van der Waals surface area contributed by atoms with Crippen molar-refractivity contribution >= 4 is 17.7 Å². The molecule has 2 fully saturated rings. The smallest absolute Gasteiger partial charge is 0.306 e. The van der Waals surface area contributed by atoms with Crippen molar-refractivity contribution < 1.29 is 9.53 Å². The highest BCUT2D eigenvalue weighted by Crippen LogP contribution is 2.33. The molecule has 86 valence electrons. The summed E-state index contributed by atoms with van der Waals surface area (Å²) < 4.78 is 4.63. The van der Waals surface area contributed by atoms with Crippen LogP contribution in [0.3, 0.4) is 0 Å². The Hall–Kier alpha value is -0.220. The number of esters is 1. The van der Waals surface area contributed by atoms with Gasteiger partial charge in [0.1, 0.15) is 0 Å². The number of ether oxygens (including phenoxy) is 1. The number of fused-ring (bicyclic) bond motifs is 2. The van der Waals surface area contributed by atoms with Crippen molar-refractivity contribution in [2.24, 2.45) is 0 Å². The lowest BCUT2D eigenvalue weighted by molar-refractivity contribution is -0.140. The predicted molar refractivity (Wildman–Crippen MR) is 62.1 cm³/mol. The van der Waals surface area contributed by atoms with E-state index in [4.69, 9.17) is 0 Å². The van der Waals surface area contributed by atoms with Crippen LogP contribution < -0.4 is 5.32 Å². The number of hydrogen-bond donors (Lipinski definition) is 1. The average molecular weight is 229 g/mol. The molecular formula is C11H19NO2S. The number of hydrogen-bond acceptors (Lipinski definition) is 4. The minimum Gasteiger partial charge on any atom is -0.469 e. The van der Waals surface area contributed by atoms with Crippen LogP contribution in [-0.2, 0) is 9.53 Å². The molecule has 4 heteroatoms. The molecular weight excluding hydrogens is 210 g/mol. The topological polar surface area (TPSA) is 38.3 Å². The number of piperidine rings is 1. The molecule has 15 heavy (non-hydrogen) atoms. The van der Waals surface area contributed by atoms with Gasteiger partial charge in [-0.15, -0.1) is 0 Å². The summed E-state index contributed by atoms with van der Waals surface area (Å²) in [5.41, 5.74) is 0. The van der Waals surface area contributed by atoms with E-state index in [1.807, 2.05) is 11.8 Å². The first kappa shape index (κ1) is 11.3. The molecule has 0 radical (unpaired) electrons. The Morgan fingerprint density at radius 1 is 1.40 bits per heavy atom. The normalized spacial score (nSPS) is 34.1. The van der Waals surface area contributed by atoms with Crippen LogP contribution in [0, 0.1) is 0 Å². The van der Waals surface area contributed by atoms with Crippen LogP contribution in [0.15, 0.2) is 0 Å². The second-order valence-corrected chi connectivity index (χ2v) is 5.84. The summed E-state index contributed by atoms with van der Waals surface area (Å²) in [5, 5.41) is 4.38. The maximum Gasteiger partial charge on any atom is 0.306 e. The molecule has 0 aromatic rings. The number of nitrogens with one attached hydrogen (secondary N) is 1. The number of rotatable bonds is 4. The second kappa shape index (κ2) is 5.21. The van der Waals surface area contributed by atoms with Crippen molar-refractivity contribution in [1.82, 2.24) is 5.32 Å². The third-order valence-corrected chi connectivity index (χ3v) is 4.61. The van der Waals surface area contributed by atoms with Crippen molar-refractivity contribution in [3.05, 3.63) is 0 Å². The van der Waals surface area contributed by atoms with Gasteiger partial charge in [0.15, 0.2) is 0 Å². The van der Waals surface area contributed by atoms with Crippen LogP contribution in [0.1, 0.15) is 32.1 Å². The second-order valence-electron chi connectivity index (χ2n) is 4.43. The fourth-order valence-electron chi connectivity index (χ4n) is 2.55. The molecule has 0 amide bonds. The zero-order chi connectivity index (χ0) is 10.7. The molecule has 2 atom stereocenters. The fraction of sp³-hybridized carbons (Fsp3) is 0.909. The molecule has 2 bridgehead atoms. The van der Waals surface area contributed by atoms with E-state index in [-0.39, 0.29) is 5.97 Å². The highest BCUT2D eigenvalue weighted by molar-refractivity contribution is 7.99. The molecule has 0 aromatic heterocycles. The summed E-state index contributed by atoms with van der Waals surface area (Å²) in [6, 6.07) is 1.50. The van der Waals surface area contributed by atoms with Gasteiger partial charge in [0.25, 0.3) is 0 Å². The van der Waals surface area contributed by atoms with Crippen molar-refractivity contribution in [3.8, 4) is 0 Å². The van der Waals surface area contributed by atoms with Gasteiger partial charge in [-0.3, -0.25) is 4.79 Å². The summed E-state index contributed by atoms with van der Waals surface area (Å²) in [5.74, 6) is 0.830. The Bertz CT molecular complexity index is 223. The van der Waals surface area contributed by atoms with Gasteiger partial charge in [0.2, 0.25) is 0 Å². The van der Waals surface area contributed by atoms with E-state index in [9.17, 15) is 4.79 Å². The van der Waals surface area contributed by atoms with E-state index in [1.54, 1.807) is 0 Å². The van der Waals surface area contributed by atoms with Gasteiger partial charge in [0, 0.05) is 23.1 Å². The average Bonchev–Trinajstić information content (AvgIpc) is 2.58. The number of carbonyl (C=O) groups excluding carboxylic acids is 1. The van der Waals surface area contributed by atoms with Crippen LogP contribution in [0.25, 0.3) is 0 Å². The maximum atomic E-state index is 10.9. The highest BCUT2D eigenvalue weighted by Gasteiger charge is 2.33. The zero-order valence-electron chi connectivity index (χ0n) is 9.20. The zero-order valence-corrected chi connectivity index (χ0v) is 10.0. The molecule has 3 nitrogen and oxygen atoms in total. The van der Waals surface area contributed by atoms with E-state index in [1.165, 1.54) is 32.8 Å². The first-order valence-corrected chi connectivity index (χ1v) is 6.77. The van der Waals surface area contributed by atoms with Crippen LogP contribution in [-0.4, -0.2) is 36.2 Å². The Morgan fingerprint density at radius 2 is 2.07 bits per heavy atom. The molecule has 1 N–H and O–H groups in total. The van der Waals surface area contributed by atoms with E-state index < -0.39 is 0 Å². The SMILES string of the molecule is COC(=O)CCSC1C[C@H]2CC[C@H](C1)N2. The predicted octanol–water partition coefficient (Wildman–Crippen LogP) is 1.57. The molecule has 0 saturated carbocycles. The molecule has 0 spiro atoms. The molecule has 0 unspecified atom stereocenters. The van der Waals surface area contributed by atoms with Crippen LogP contribution in [0.5, 0.6) is 0 Å². The Labute approximate surface area is 95.3 Å². The first-order chi connectivity index (χ1) is 7.28.